The van der Waals surface area contributed by atoms with E-state index in [9.17, 15) is 9.18 Å². The summed E-state index contributed by atoms with van der Waals surface area (Å²) < 4.78 is 13.2. The molecule has 3 nitrogen and oxygen atoms in total. The maximum Gasteiger partial charge on any atom is 0.221 e. The second kappa shape index (κ2) is 8.20. The smallest absolute Gasteiger partial charge is 0.221 e. The third-order valence-electron chi connectivity index (χ3n) is 3.95. The van der Waals surface area contributed by atoms with E-state index in [4.69, 9.17) is 0 Å². The fraction of sp³-hybridized carbons (Fsp3) is 0.143. The zero-order chi connectivity index (χ0) is 17.5. The van der Waals surface area contributed by atoms with Crippen molar-refractivity contribution in [3.05, 3.63) is 102 Å². The number of rotatable bonds is 6. The Morgan fingerprint density at radius 3 is 2.52 bits per heavy atom. The summed E-state index contributed by atoms with van der Waals surface area (Å²) in [5.41, 5.74) is 2.57. The van der Waals surface area contributed by atoms with Crippen molar-refractivity contribution in [2.45, 2.75) is 18.9 Å². The number of halogens is 1. The molecule has 1 aromatic heterocycles. The van der Waals surface area contributed by atoms with Gasteiger partial charge in [0.2, 0.25) is 5.91 Å². The third-order valence-corrected chi connectivity index (χ3v) is 3.95. The number of pyridine rings is 1. The molecule has 1 N–H and O–H groups in total. The third kappa shape index (κ3) is 4.73. The van der Waals surface area contributed by atoms with Crippen LogP contribution in [-0.2, 0) is 11.2 Å². The minimum atomic E-state index is -0.303. The van der Waals surface area contributed by atoms with Crippen LogP contribution in [-0.4, -0.2) is 10.9 Å². The Bertz CT molecular complexity index is 782. The number of aromatic nitrogens is 1. The predicted octanol–water partition coefficient (Wildman–Crippen LogP) is 4.06. The van der Waals surface area contributed by atoms with Crippen molar-refractivity contribution in [2.75, 3.05) is 0 Å². The zero-order valence-corrected chi connectivity index (χ0v) is 13.7. The average molecular weight is 334 g/mol. The van der Waals surface area contributed by atoms with E-state index < -0.39 is 0 Å². The molecule has 25 heavy (non-hydrogen) atoms. The molecule has 0 radical (unpaired) electrons. The van der Waals surface area contributed by atoms with Gasteiger partial charge in [-0.05, 0) is 41.8 Å². The highest BCUT2D eigenvalue weighted by Crippen LogP contribution is 2.20. The van der Waals surface area contributed by atoms with E-state index in [2.05, 4.69) is 10.3 Å². The van der Waals surface area contributed by atoms with Crippen LogP contribution in [0.4, 0.5) is 4.39 Å². The van der Waals surface area contributed by atoms with Crippen molar-refractivity contribution in [1.82, 2.24) is 10.3 Å². The molecule has 0 aliphatic carbocycles. The van der Waals surface area contributed by atoms with Gasteiger partial charge in [-0.2, -0.15) is 0 Å². The van der Waals surface area contributed by atoms with E-state index in [0.29, 0.717) is 12.8 Å². The molecular formula is C21H19FN2O. The predicted molar refractivity (Wildman–Crippen MR) is 95.4 cm³/mol. The van der Waals surface area contributed by atoms with Crippen LogP contribution in [0, 0.1) is 5.82 Å². The van der Waals surface area contributed by atoms with E-state index in [1.165, 1.54) is 12.1 Å². The van der Waals surface area contributed by atoms with Gasteiger partial charge in [0.1, 0.15) is 5.82 Å². The summed E-state index contributed by atoms with van der Waals surface area (Å²) in [5, 5.41) is 3.04. The molecule has 0 saturated heterocycles. The summed E-state index contributed by atoms with van der Waals surface area (Å²) in [7, 11) is 0. The summed E-state index contributed by atoms with van der Waals surface area (Å²) in [6.45, 7) is 0. The lowest BCUT2D eigenvalue weighted by Gasteiger charge is -2.19. The lowest BCUT2D eigenvalue weighted by molar-refractivity contribution is -0.121. The van der Waals surface area contributed by atoms with Crippen molar-refractivity contribution in [1.29, 1.82) is 0 Å². The molecule has 1 heterocycles. The van der Waals surface area contributed by atoms with Gasteiger partial charge in [-0.25, -0.2) is 4.39 Å². The van der Waals surface area contributed by atoms with Crippen LogP contribution in [0.15, 0.2) is 79.0 Å². The maximum absolute atomic E-state index is 13.2. The van der Waals surface area contributed by atoms with Crippen molar-refractivity contribution in [3.63, 3.8) is 0 Å². The Morgan fingerprint density at radius 2 is 1.80 bits per heavy atom. The molecule has 1 atom stereocenters. The zero-order valence-electron chi connectivity index (χ0n) is 13.7. The Morgan fingerprint density at radius 1 is 1.00 bits per heavy atom. The molecule has 126 valence electrons. The van der Waals surface area contributed by atoms with Gasteiger partial charge < -0.3 is 5.32 Å². The van der Waals surface area contributed by atoms with Gasteiger partial charge in [-0.1, -0.05) is 48.5 Å². The molecule has 1 unspecified atom stereocenters. The van der Waals surface area contributed by atoms with Crippen molar-refractivity contribution in [2.24, 2.45) is 0 Å². The van der Waals surface area contributed by atoms with E-state index in [1.54, 1.807) is 12.3 Å². The Hall–Kier alpha value is -3.01. The number of hydrogen-bond donors (Lipinski definition) is 1. The van der Waals surface area contributed by atoms with Crippen molar-refractivity contribution >= 4 is 5.91 Å². The van der Waals surface area contributed by atoms with Gasteiger partial charge in [-0.15, -0.1) is 0 Å². The lowest BCUT2D eigenvalue weighted by Crippen LogP contribution is -2.30. The minimum absolute atomic E-state index is 0.0937. The van der Waals surface area contributed by atoms with E-state index in [0.717, 1.165) is 16.8 Å². The van der Waals surface area contributed by atoms with Gasteiger partial charge in [0.05, 0.1) is 11.7 Å². The second-order valence-electron chi connectivity index (χ2n) is 5.80. The Balaban J connectivity index is 1.71. The SMILES string of the molecule is O=C(CCc1cccc(F)c1)NC(c1ccccc1)c1ccccn1. The molecule has 3 aromatic rings. The molecular weight excluding hydrogens is 315 g/mol. The van der Waals surface area contributed by atoms with Crippen LogP contribution >= 0.6 is 0 Å². The van der Waals surface area contributed by atoms with Crippen LogP contribution in [0.3, 0.4) is 0 Å². The molecule has 0 aliphatic heterocycles. The topological polar surface area (TPSA) is 42.0 Å². The Kier molecular flexibility index (Phi) is 5.52. The molecule has 4 heteroatoms. The number of nitrogens with zero attached hydrogens (tertiary/aromatic N) is 1. The molecule has 0 spiro atoms. The first-order chi connectivity index (χ1) is 12.2. The van der Waals surface area contributed by atoms with Crippen molar-refractivity contribution in [3.8, 4) is 0 Å². The van der Waals surface area contributed by atoms with Gasteiger partial charge in [-0.3, -0.25) is 9.78 Å². The van der Waals surface area contributed by atoms with Gasteiger partial charge in [0.25, 0.3) is 0 Å². The van der Waals surface area contributed by atoms with Crippen molar-refractivity contribution < 1.29 is 9.18 Å². The normalized spacial score (nSPS) is 11.7. The molecule has 3 rings (SSSR count). The second-order valence-corrected chi connectivity index (χ2v) is 5.80. The maximum atomic E-state index is 13.2. The number of aryl methyl sites for hydroxylation is 1. The van der Waals surface area contributed by atoms with E-state index in [1.807, 2.05) is 54.6 Å². The van der Waals surface area contributed by atoms with Crippen LogP contribution in [0.1, 0.15) is 29.3 Å². The standard InChI is InChI=1S/C21H19FN2O/c22-18-10-6-7-16(15-18)12-13-20(25)24-21(17-8-2-1-3-9-17)19-11-4-5-14-23-19/h1-11,14-15,21H,12-13H2,(H,24,25). The highest BCUT2D eigenvalue weighted by atomic mass is 19.1. The molecule has 0 saturated carbocycles. The summed E-state index contributed by atoms with van der Waals surface area (Å²) in [5.74, 6) is -0.377. The number of nitrogens with one attached hydrogen (secondary N) is 1. The van der Waals surface area contributed by atoms with Gasteiger partial charge in [0.15, 0.2) is 0 Å². The van der Waals surface area contributed by atoms with E-state index >= 15 is 0 Å². The Labute approximate surface area is 146 Å². The summed E-state index contributed by atoms with van der Waals surface area (Å²) in [4.78, 5) is 16.8. The lowest BCUT2D eigenvalue weighted by atomic mass is 10.0. The first kappa shape index (κ1) is 16.8. The molecule has 0 aliphatic rings. The van der Waals surface area contributed by atoms with Crippen LogP contribution in [0.25, 0.3) is 0 Å². The largest absolute Gasteiger partial charge is 0.344 e. The van der Waals surface area contributed by atoms with E-state index in [-0.39, 0.29) is 17.8 Å². The fourth-order valence-corrected chi connectivity index (χ4v) is 2.70. The molecule has 0 fully saturated rings. The number of amides is 1. The summed E-state index contributed by atoms with van der Waals surface area (Å²) in [6.07, 6.45) is 2.50. The first-order valence-electron chi connectivity index (χ1n) is 8.22. The quantitative estimate of drug-likeness (QED) is 0.739. The highest BCUT2D eigenvalue weighted by molar-refractivity contribution is 5.77. The average Bonchev–Trinajstić information content (AvgIpc) is 2.66. The first-order valence-corrected chi connectivity index (χ1v) is 8.22. The number of carbonyl (C=O) groups is 1. The molecule has 2 aromatic carbocycles. The number of carbonyl (C=O) groups excluding carboxylic acids is 1. The van der Waals surface area contributed by atoms with Gasteiger partial charge in [0, 0.05) is 12.6 Å². The van der Waals surface area contributed by atoms with Crippen LogP contribution < -0.4 is 5.32 Å². The fourth-order valence-electron chi connectivity index (χ4n) is 2.70. The summed E-state index contributed by atoms with van der Waals surface area (Å²) in [6, 6.07) is 21.4. The van der Waals surface area contributed by atoms with Gasteiger partial charge >= 0.3 is 0 Å². The summed E-state index contributed by atoms with van der Waals surface area (Å²) >= 11 is 0. The number of benzene rings is 2. The molecule has 0 bridgehead atoms. The van der Waals surface area contributed by atoms with Crippen LogP contribution in [0.2, 0.25) is 0 Å². The monoisotopic (exact) mass is 334 g/mol. The number of hydrogen-bond acceptors (Lipinski definition) is 2. The van der Waals surface area contributed by atoms with Crippen LogP contribution in [0.5, 0.6) is 0 Å². The minimum Gasteiger partial charge on any atom is -0.344 e. The highest BCUT2D eigenvalue weighted by Gasteiger charge is 2.17. The molecule has 1 amide bonds.